The lowest BCUT2D eigenvalue weighted by atomic mass is 9.93. The molecule has 0 fully saturated rings. The van der Waals surface area contributed by atoms with Gasteiger partial charge in [0.2, 0.25) is 0 Å². The summed E-state index contributed by atoms with van der Waals surface area (Å²) >= 11 is 7.89. The number of halogens is 2. The summed E-state index contributed by atoms with van der Waals surface area (Å²) in [5.74, 6) is 0.902. The summed E-state index contributed by atoms with van der Waals surface area (Å²) < 4.78 is 7.98. The van der Waals surface area contributed by atoms with Crippen molar-refractivity contribution < 1.29 is 4.74 Å². The zero-order chi connectivity index (χ0) is 15.0. The van der Waals surface area contributed by atoms with Crippen LogP contribution < -0.4 is 10.1 Å². The first-order valence-electron chi connectivity index (χ1n) is 6.97. The summed E-state index contributed by atoms with van der Waals surface area (Å²) in [6.07, 6.45) is 3.65. The number of fused-ring (bicyclic) bond motifs is 1. The van der Waals surface area contributed by atoms with Crippen LogP contribution >= 0.6 is 49.9 Å². The summed E-state index contributed by atoms with van der Waals surface area (Å²) in [4.78, 5) is 1.54. The Morgan fingerprint density at radius 1 is 1.38 bits per heavy atom. The molecule has 5 heteroatoms. The van der Waals surface area contributed by atoms with E-state index >= 15 is 0 Å². The monoisotopic (exact) mass is 477 g/mol. The number of ether oxygens (including phenoxy) is 1. The summed E-state index contributed by atoms with van der Waals surface area (Å²) in [5.41, 5.74) is 3.79. The molecule has 0 bridgehead atoms. The molecule has 0 saturated carbocycles. The Morgan fingerprint density at radius 3 is 2.95 bits per heavy atom. The number of nitrogens with one attached hydrogen (secondary N) is 1. The van der Waals surface area contributed by atoms with Crippen LogP contribution in [0.25, 0.3) is 0 Å². The Kier molecular flexibility index (Phi) is 4.81. The third-order valence-corrected chi connectivity index (χ3v) is 6.32. The van der Waals surface area contributed by atoms with Crippen molar-refractivity contribution in [3.05, 3.63) is 41.6 Å². The molecule has 3 rings (SSSR count). The van der Waals surface area contributed by atoms with Crippen LogP contribution in [0, 0.1) is 9.81 Å². The third kappa shape index (κ3) is 3.24. The SMILES string of the molecule is COc1cc(Br)cc(C)c1NC1CCCc2sc(I)cc21. The smallest absolute Gasteiger partial charge is 0.143 e. The highest BCUT2D eigenvalue weighted by atomic mass is 127. The minimum atomic E-state index is 0.391. The summed E-state index contributed by atoms with van der Waals surface area (Å²) in [6.45, 7) is 2.12. The Bertz CT molecular complexity index is 671. The first kappa shape index (κ1) is 15.6. The van der Waals surface area contributed by atoms with Gasteiger partial charge in [-0.2, -0.15) is 0 Å². The lowest BCUT2D eigenvalue weighted by Crippen LogP contribution is -2.16. The van der Waals surface area contributed by atoms with Gasteiger partial charge in [0.25, 0.3) is 0 Å². The highest BCUT2D eigenvalue weighted by Crippen LogP contribution is 2.41. The maximum Gasteiger partial charge on any atom is 0.143 e. The van der Waals surface area contributed by atoms with Crippen molar-refractivity contribution in [3.8, 4) is 5.75 Å². The molecule has 0 spiro atoms. The van der Waals surface area contributed by atoms with Gasteiger partial charge in [0.15, 0.2) is 0 Å². The minimum absolute atomic E-state index is 0.391. The average Bonchev–Trinajstić information content (AvgIpc) is 2.82. The van der Waals surface area contributed by atoms with E-state index in [1.807, 2.05) is 17.4 Å². The van der Waals surface area contributed by atoms with E-state index in [4.69, 9.17) is 4.74 Å². The van der Waals surface area contributed by atoms with Gasteiger partial charge in [-0.1, -0.05) is 15.9 Å². The molecule has 2 aromatic rings. The maximum atomic E-state index is 5.55. The van der Waals surface area contributed by atoms with Gasteiger partial charge in [0.1, 0.15) is 5.75 Å². The predicted octanol–water partition coefficient (Wildman–Crippen LogP) is 5.92. The van der Waals surface area contributed by atoms with Crippen LogP contribution in [0.5, 0.6) is 5.75 Å². The number of anilines is 1. The van der Waals surface area contributed by atoms with E-state index in [-0.39, 0.29) is 0 Å². The van der Waals surface area contributed by atoms with Crippen LogP contribution in [0.3, 0.4) is 0 Å². The Morgan fingerprint density at radius 2 is 2.19 bits per heavy atom. The van der Waals surface area contributed by atoms with E-state index < -0.39 is 0 Å². The van der Waals surface area contributed by atoms with E-state index in [0.717, 1.165) is 15.9 Å². The van der Waals surface area contributed by atoms with Crippen molar-refractivity contribution in [2.45, 2.75) is 32.2 Å². The fourth-order valence-electron chi connectivity index (χ4n) is 2.90. The molecular weight excluding hydrogens is 461 g/mol. The fraction of sp³-hybridized carbons (Fsp3) is 0.375. The number of hydrogen-bond acceptors (Lipinski definition) is 3. The molecule has 112 valence electrons. The van der Waals surface area contributed by atoms with Crippen LogP contribution in [0.1, 0.15) is 34.9 Å². The Hall–Kier alpha value is -0.270. The number of aryl methyl sites for hydroxylation is 2. The number of thiophene rings is 1. The molecule has 1 aromatic carbocycles. The lowest BCUT2D eigenvalue weighted by molar-refractivity contribution is 0.415. The molecule has 0 radical (unpaired) electrons. The number of hydrogen-bond donors (Lipinski definition) is 1. The van der Waals surface area contributed by atoms with Gasteiger partial charge in [-0.25, -0.2) is 0 Å². The van der Waals surface area contributed by atoms with Gasteiger partial charge in [0.05, 0.1) is 21.7 Å². The third-order valence-electron chi connectivity index (χ3n) is 3.89. The van der Waals surface area contributed by atoms with Gasteiger partial charge in [-0.05, 0) is 78.1 Å². The second kappa shape index (κ2) is 6.46. The molecule has 0 aliphatic heterocycles. The van der Waals surface area contributed by atoms with Crippen molar-refractivity contribution in [1.82, 2.24) is 0 Å². The zero-order valence-corrected chi connectivity index (χ0v) is 16.6. The van der Waals surface area contributed by atoms with E-state index in [1.54, 1.807) is 7.11 Å². The number of methoxy groups -OCH3 is 1. The summed E-state index contributed by atoms with van der Waals surface area (Å²) in [6, 6.07) is 6.88. The molecule has 2 nitrogen and oxygen atoms in total. The van der Waals surface area contributed by atoms with Gasteiger partial charge in [-0.3, -0.25) is 0 Å². The molecule has 1 aliphatic carbocycles. The van der Waals surface area contributed by atoms with Gasteiger partial charge >= 0.3 is 0 Å². The van der Waals surface area contributed by atoms with E-state index in [1.165, 1.54) is 38.2 Å². The number of benzene rings is 1. The number of rotatable bonds is 3. The molecule has 21 heavy (non-hydrogen) atoms. The van der Waals surface area contributed by atoms with Crippen molar-refractivity contribution in [2.24, 2.45) is 0 Å². The van der Waals surface area contributed by atoms with Crippen LogP contribution in [0.15, 0.2) is 22.7 Å². The lowest BCUT2D eigenvalue weighted by Gasteiger charge is -2.26. The maximum absolute atomic E-state index is 5.55. The average molecular weight is 478 g/mol. The van der Waals surface area contributed by atoms with Gasteiger partial charge in [-0.15, -0.1) is 11.3 Å². The molecule has 1 atom stereocenters. The van der Waals surface area contributed by atoms with Gasteiger partial charge in [0, 0.05) is 9.35 Å². The van der Waals surface area contributed by atoms with Crippen LogP contribution in [0.2, 0.25) is 0 Å². The van der Waals surface area contributed by atoms with E-state index in [9.17, 15) is 0 Å². The quantitative estimate of drug-likeness (QED) is 0.554. The first-order chi connectivity index (χ1) is 10.1. The molecule has 0 amide bonds. The molecule has 0 saturated heterocycles. The molecule has 1 aliphatic rings. The van der Waals surface area contributed by atoms with Crippen LogP contribution in [-0.2, 0) is 6.42 Å². The van der Waals surface area contributed by atoms with Crippen molar-refractivity contribution >= 4 is 55.5 Å². The molecule has 1 unspecified atom stereocenters. The van der Waals surface area contributed by atoms with Gasteiger partial charge < -0.3 is 10.1 Å². The molecule has 1 N–H and O–H groups in total. The van der Waals surface area contributed by atoms with Crippen LogP contribution in [-0.4, -0.2) is 7.11 Å². The fourth-order valence-corrected chi connectivity index (χ4v) is 5.57. The predicted molar refractivity (Wildman–Crippen MR) is 102 cm³/mol. The summed E-state index contributed by atoms with van der Waals surface area (Å²) in [7, 11) is 1.73. The second-order valence-electron chi connectivity index (χ2n) is 5.32. The molecule has 1 heterocycles. The van der Waals surface area contributed by atoms with Crippen molar-refractivity contribution in [2.75, 3.05) is 12.4 Å². The summed E-state index contributed by atoms with van der Waals surface area (Å²) in [5, 5.41) is 3.72. The highest BCUT2D eigenvalue weighted by Gasteiger charge is 2.24. The largest absolute Gasteiger partial charge is 0.495 e. The molecular formula is C16H17BrINOS. The minimum Gasteiger partial charge on any atom is -0.495 e. The van der Waals surface area contributed by atoms with Crippen LogP contribution in [0.4, 0.5) is 5.69 Å². The topological polar surface area (TPSA) is 21.3 Å². The zero-order valence-electron chi connectivity index (χ0n) is 12.0. The molecule has 1 aromatic heterocycles. The van der Waals surface area contributed by atoms with Crippen molar-refractivity contribution in [3.63, 3.8) is 0 Å². The van der Waals surface area contributed by atoms with E-state index in [0.29, 0.717) is 6.04 Å². The Labute approximate surface area is 151 Å². The Balaban J connectivity index is 1.95. The normalized spacial score (nSPS) is 17.4. The second-order valence-corrected chi connectivity index (χ2v) is 9.26. The van der Waals surface area contributed by atoms with E-state index in [2.05, 4.69) is 62.9 Å². The first-order valence-corrected chi connectivity index (χ1v) is 9.66. The standard InChI is InChI=1S/C16H17BrINOS/c1-9-6-10(17)7-13(20-2)16(9)19-12-4-3-5-14-11(12)8-15(18)21-14/h6-8,12,19H,3-5H2,1-2H3. The highest BCUT2D eigenvalue weighted by molar-refractivity contribution is 14.1. The van der Waals surface area contributed by atoms with Crippen molar-refractivity contribution in [1.29, 1.82) is 0 Å².